The minimum absolute atomic E-state index is 0.0884. The lowest BCUT2D eigenvalue weighted by Gasteiger charge is -2.10. The molecule has 1 amide bonds. The van der Waals surface area contributed by atoms with Gasteiger partial charge in [-0.25, -0.2) is 0 Å². The van der Waals surface area contributed by atoms with Crippen molar-refractivity contribution in [2.24, 2.45) is 0 Å². The Balaban J connectivity index is 1.85. The van der Waals surface area contributed by atoms with E-state index in [9.17, 15) is 4.79 Å². The maximum absolute atomic E-state index is 11.9. The van der Waals surface area contributed by atoms with Crippen molar-refractivity contribution in [3.63, 3.8) is 0 Å². The fraction of sp³-hybridized carbons (Fsp3) is 0.438. The smallest absolute Gasteiger partial charge is 0.251 e. The van der Waals surface area contributed by atoms with Crippen molar-refractivity contribution in [3.8, 4) is 0 Å². The van der Waals surface area contributed by atoms with Gasteiger partial charge in [-0.3, -0.25) is 4.79 Å². The fourth-order valence-corrected chi connectivity index (χ4v) is 1.75. The molecule has 0 bridgehead atoms. The van der Waals surface area contributed by atoms with Crippen molar-refractivity contribution in [2.75, 3.05) is 6.54 Å². The second-order valence-electron chi connectivity index (χ2n) is 6.14. The highest BCUT2D eigenvalue weighted by atomic mass is 16.5. The van der Waals surface area contributed by atoms with E-state index in [1.807, 2.05) is 52.0 Å². The van der Waals surface area contributed by atoms with Crippen LogP contribution in [0.3, 0.4) is 0 Å². The Bertz CT molecular complexity index is 609. The average molecular weight is 287 g/mol. The van der Waals surface area contributed by atoms with Gasteiger partial charge in [0, 0.05) is 23.9 Å². The lowest BCUT2D eigenvalue weighted by atomic mass is 9.97. The number of nitrogens with one attached hydrogen (secondary N) is 1. The standard InChI is InChI=1S/C16H21N3O2/c1-11-5-7-12(8-6-11)14(20)17-10-9-13-18-15(21-19-13)16(2,3)4/h5-8H,9-10H2,1-4H3,(H,17,20). The molecule has 0 aliphatic heterocycles. The Morgan fingerprint density at radius 2 is 1.90 bits per heavy atom. The van der Waals surface area contributed by atoms with E-state index < -0.39 is 0 Å². The summed E-state index contributed by atoms with van der Waals surface area (Å²) in [4.78, 5) is 16.3. The number of nitrogens with zero attached hydrogens (tertiary/aromatic N) is 2. The van der Waals surface area contributed by atoms with E-state index in [1.54, 1.807) is 0 Å². The molecule has 0 saturated heterocycles. The minimum Gasteiger partial charge on any atom is -0.352 e. The van der Waals surface area contributed by atoms with Crippen molar-refractivity contribution in [3.05, 3.63) is 47.1 Å². The van der Waals surface area contributed by atoms with E-state index in [-0.39, 0.29) is 11.3 Å². The Morgan fingerprint density at radius 3 is 2.48 bits per heavy atom. The third-order valence-electron chi connectivity index (χ3n) is 3.06. The van der Waals surface area contributed by atoms with Gasteiger partial charge in [-0.05, 0) is 19.1 Å². The van der Waals surface area contributed by atoms with Gasteiger partial charge < -0.3 is 9.84 Å². The van der Waals surface area contributed by atoms with Gasteiger partial charge in [0.15, 0.2) is 5.82 Å². The average Bonchev–Trinajstić information content (AvgIpc) is 2.88. The molecule has 1 heterocycles. The van der Waals surface area contributed by atoms with Crippen molar-refractivity contribution < 1.29 is 9.32 Å². The highest BCUT2D eigenvalue weighted by Gasteiger charge is 2.21. The number of hydrogen-bond donors (Lipinski definition) is 1. The van der Waals surface area contributed by atoms with Crippen LogP contribution in [-0.4, -0.2) is 22.6 Å². The largest absolute Gasteiger partial charge is 0.352 e. The van der Waals surface area contributed by atoms with Crippen LogP contribution < -0.4 is 5.32 Å². The molecule has 0 spiro atoms. The second-order valence-corrected chi connectivity index (χ2v) is 6.14. The number of carbonyl (C=O) groups excluding carboxylic acids is 1. The van der Waals surface area contributed by atoms with E-state index >= 15 is 0 Å². The molecule has 5 nitrogen and oxygen atoms in total. The number of amides is 1. The highest BCUT2D eigenvalue weighted by molar-refractivity contribution is 5.94. The van der Waals surface area contributed by atoms with Gasteiger partial charge in [0.1, 0.15) is 0 Å². The Morgan fingerprint density at radius 1 is 1.24 bits per heavy atom. The van der Waals surface area contributed by atoms with Crippen molar-refractivity contribution in [1.82, 2.24) is 15.5 Å². The number of carbonyl (C=O) groups is 1. The molecule has 112 valence electrons. The summed E-state index contributed by atoms with van der Waals surface area (Å²) in [6, 6.07) is 7.47. The molecule has 1 aromatic heterocycles. The van der Waals surface area contributed by atoms with E-state index in [4.69, 9.17) is 4.52 Å². The highest BCUT2D eigenvalue weighted by Crippen LogP contribution is 2.19. The van der Waals surface area contributed by atoms with Gasteiger partial charge in [-0.15, -0.1) is 0 Å². The molecule has 0 aliphatic rings. The lowest BCUT2D eigenvalue weighted by molar-refractivity contribution is 0.0954. The van der Waals surface area contributed by atoms with Crippen LogP contribution in [0.15, 0.2) is 28.8 Å². The maximum Gasteiger partial charge on any atom is 0.251 e. The molecule has 5 heteroatoms. The summed E-state index contributed by atoms with van der Waals surface area (Å²) in [5.41, 5.74) is 1.63. The molecule has 1 aromatic carbocycles. The molecule has 0 aliphatic carbocycles. The lowest BCUT2D eigenvalue weighted by Crippen LogP contribution is -2.26. The maximum atomic E-state index is 11.9. The zero-order valence-corrected chi connectivity index (χ0v) is 12.9. The Labute approximate surface area is 124 Å². The van der Waals surface area contributed by atoms with Crippen LogP contribution in [0.4, 0.5) is 0 Å². The van der Waals surface area contributed by atoms with Crippen LogP contribution >= 0.6 is 0 Å². The Kier molecular flexibility index (Phi) is 4.40. The first-order valence-corrected chi connectivity index (χ1v) is 7.04. The van der Waals surface area contributed by atoms with Crippen LogP contribution in [0.5, 0.6) is 0 Å². The number of aromatic nitrogens is 2. The molecule has 1 N–H and O–H groups in total. The fourth-order valence-electron chi connectivity index (χ4n) is 1.75. The van der Waals surface area contributed by atoms with Crippen molar-refractivity contribution in [1.29, 1.82) is 0 Å². The molecule has 0 saturated carbocycles. The molecule has 2 rings (SSSR count). The SMILES string of the molecule is Cc1ccc(C(=O)NCCc2noc(C(C)(C)C)n2)cc1. The first kappa shape index (κ1) is 15.2. The molecule has 0 unspecified atom stereocenters. The molecule has 0 radical (unpaired) electrons. The summed E-state index contributed by atoms with van der Waals surface area (Å²) in [6.07, 6.45) is 0.553. The topological polar surface area (TPSA) is 68.0 Å². The van der Waals surface area contributed by atoms with Crippen LogP contribution in [-0.2, 0) is 11.8 Å². The summed E-state index contributed by atoms with van der Waals surface area (Å²) in [6.45, 7) is 8.52. The monoisotopic (exact) mass is 287 g/mol. The first-order chi connectivity index (χ1) is 9.86. The molecular weight excluding hydrogens is 266 g/mol. The normalized spacial score (nSPS) is 11.4. The summed E-state index contributed by atoms with van der Waals surface area (Å²) < 4.78 is 5.21. The van der Waals surface area contributed by atoms with Gasteiger partial charge in [-0.1, -0.05) is 43.6 Å². The zero-order valence-electron chi connectivity index (χ0n) is 12.9. The number of rotatable bonds is 4. The second kappa shape index (κ2) is 6.08. The molecule has 21 heavy (non-hydrogen) atoms. The minimum atomic E-state index is -0.156. The third-order valence-corrected chi connectivity index (χ3v) is 3.06. The molecule has 2 aromatic rings. The number of hydrogen-bond acceptors (Lipinski definition) is 4. The van der Waals surface area contributed by atoms with Gasteiger partial charge in [0.2, 0.25) is 5.89 Å². The van der Waals surface area contributed by atoms with Crippen molar-refractivity contribution in [2.45, 2.75) is 39.5 Å². The van der Waals surface area contributed by atoms with Crippen molar-refractivity contribution >= 4 is 5.91 Å². The predicted octanol–water partition coefficient (Wildman–Crippen LogP) is 2.65. The third kappa shape index (κ3) is 4.15. The first-order valence-electron chi connectivity index (χ1n) is 7.04. The van der Waals surface area contributed by atoms with E-state index in [2.05, 4.69) is 15.5 Å². The molecule has 0 atom stereocenters. The Hall–Kier alpha value is -2.17. The van der Waals surface area contributed by atoms with Crippen LogP contribution in [0.1, 0.15) is 48.4 Å². The number of aryl methyl sites for hydroxylation is 1. The van der Waals surface area contributed by atoms with Gasteiger partial charge in [0.25, 0.3) is 5.91 Å². The number of benzene rings is 1. The van der Waals surface area contributed by atoms with Gasteiger partial charge in [0.05, 0.1) is 0 Å². The molecular formula is C16H21N3O2. The summed E-state index contributed by atoms with van der Waals surface area (Å²) in [5.74, 6) is 1.14. The summed E-state index contributed by atoms with van der Waals surface area (Å²) >= 11 is 0. The van der Waals surface area contributed by atoms with Crippen LogP contribution in [0, 0.1) is 6.92 Å². The van der Waals surface area contributed by atoms with E-state index in [0.29, 0.717) is 30.2 Å². The zero-order chi connectivity index (χ0) is 15.5. The van der Waals surface area contributed by atoms with Crippen LogP contribution in [0.25, 0.3) is 0 Å². The van der Waals surface area contributed by atoms with E-state index in [0.717, 1.165) is 5.56 Å². The quantitative estimate of drug-likeness (QED) is 0.938. The van der Waals surface area contributed by atoms with E-state index in [1.165, 1.54) is 0 Å². The predicted molar refractivity (Wildman–Crippen MR) is 80.2 cm³/mol. The van der Waals surface area contributed by atoms with Gasteiger partial charge in [-0.2, -0.15) is 4.98 Å². The summed E-state index contributed by atoms with van der Waals surface area (Å²) in [7, 11) is 0. The van der Waals surface area contributed by atoms with Gasteiger partial charge >= 0.3 is 0 Å². The van der Waals surface area contributed by atoms with Crippen LogP contribution in [0.2, 0.25) is 0 Å². The molecule has 0 fully saturated rings. The summed E-state index contributed by atoms with van der Waals surface area (Å²) in [5, 5.41) is 6.78.